The van der Waals surface area contributed by atoms with E-state index in [0.717, 1.165) is 11.3 Å². The van der Waals surface area contributed by atoms with Crippen LogP contribution in [0.5, 0.6) is 0 Å². The van der Waals surface area contributed by atoms with E-state index in [-0.39, 0.29) is 5.01 Å². The summed E-state index contributed by atoms with van der Waals surface area (Å²) in [5.74, 6) is 0. The Kier molecular flexibility index (Phi) is 3.27. The third-order valence-electron chi connectivity index (χ3n) is 1.31. The molecule has 0 atom stereocenters. The summed E-state index contributed by atoms with van der Waals surface area (Å²) in [6.07, 6.45) is -5.09. The van der Waals surface area contributed by atoms with Crippen molar-refractivity contribution in [3.05, 3.63) is 16.1 Å². The molecular formula is C7H9F3N2S. The number of thiazole rings is 1. The number of nitrogens with one attached hydrogen (secondary N) is 1. The maximum atomic E-state index is 11.9. The van der Waals surface area contributed by atoms with Gasteiger partial charge in [0.2, 0.25) is 0 Å². The lowest BCUT2D eigenvalue weighted by Crippen LogP contribution is -2.11. The van der Waals surface area contributed by atoms with Crippen LogP contribution in [-0.4, -0.2) is 18.2 Å². The van der Waals surface area contributed by atoms with Gasteiger partial charge < -0.3 is 5.32 Å². The Bertz CT molecular complexity index is 269. The number of halogens is 3. The fourth-order valence-electron chi connectivity index (χ4n) is 0.864. The van der Waals surface area contributed by atoms with Crippen LogP contribution in [0.15, 0.2) is 5.38 Å². The molecule has 1 rings (SSSR count). The molecular weight excluding hydrogens is 201 g/mol. The summed E-state index contributed by atoms with van der Waals surface area (Å²) in [5.41, 5.74) is 0.659. The first-order chi connectivity index (χ1) is 6.01. The van der Waals surface area contributed by atoms with Gasteiger partial charge in [-0.05, 0) is 7.05 Å². The Hall–Kier alpha value is -0.620. The van der Waals surface area contributed by atoms with E-state index < -0.39 is 12.6 Å². The van der Waals surface area contributed by atoms with Crippen LogP contribution in [0.1, 0.15) is 10.7 Å². The molecule has 2 nitrogen and oxygen atoms in total. The first-order valence-corrected chi connectivity index (χ1v) is 4.54. The lowest BCUT2D eigenvalue weighted by Gasteiger charge is -2.01. The highest BCUT2D eigenvalue weighted by Crippen LogP contribution is 2.23. The number of aromatic nitrogens is 1. The SMILES string of the molecule is CNCc1csc(CC(F)(F)F)n1. The summed E-state index contributed by atoms with van der Waals surface area (Å²) in [5, 5.41) is 4.58. The van der Waals surface area contributed by atoms with Crippen LogP contribution < -0.4 is 5.32 Å². The van der Waals surface area contributed by atoms with Crippen molar-refractivity contribution in [2.45, 2.75) is 19.1 Å². The van der Waals surface area contributed by atoms with Gasteiger partial charge in [0, 0.05) is 11.9 Å². The van der Waals surface area contributed by atoms with Crippen molar-refractivity contribution in [2.24, 2.45) is 0 Å². The molecule has 0 fully saturated rings. The fraction of sp³-hybridized carbons (Fsp3) is 0.571. The monoisotopic (exact) mass is 210 g/mol. The van der Waals surface area contributed by atoms with Gasteiger partial charge in [-0.25, -0.2) is 4.98 Å². The number of hydrogen-bond acceptors (Lipinski definition) is 3. The Morgan fingerprint density at radius 3 is 2.77 bits per heavy atom. The molecule has 0 aliphatic carbocycles. The van der Waals surface area contributed by atoms with Crippen molar-refractivity contribution >= 4 is 11.3 Å². The zero-order chi connectivity index (χ0) is 9.90. The van der Waals surface area contributed by atoms with Crippen molar-refractivity contribution in [1.29, 1.82) is 0 Å². The largest absolute Gasteiger partial charge is 0.395 e. The van der Waals surface area contributed by atoms with Gasteiger partial charge in [-0.15, -0.1) is 11.3 Å². The molecule has 0 aliphatic rings. The highest BCUT2D eigenvalue weighted by molar-refractivity contribution is 7.09. The zero-order valence-electron chi connectivity index (χ0n) is 6.98. The molecule has 0 saturated heterocycles. The second-order valence-electron chi connectivity index (χ2n) is 2.55. The fourth-order valence-corrected chi connectivity index (χ4v) is 1.69. The van der Waals surface area contributed by atoms with E-state index in [9.17, 15) is 13.2 Å². The van der Waals surface area contributed by atoms with E-state index >= 15 is 0 Å². The average Bonchev–Trinajstić information content (AvgIpc) is 2.33. The molecule has 1 heterocycles. The third-order valence-corrected chi connectivity index (χ3v) is 2.21. The van der Waals surface area contributed by atoms with Crippen molar-refractivity contribution in [1.82, 2.24) is 10.3 Å². The lowest BCUT2D eigenvalue weighted by atomic mass is 10.4. The predicted molar refractivity (Wildman–Crippen MR) is 44.6 cm³/mol. The highest BCUT2D eigenvalue weighted by Gasteiger charge is 2.29. The van der Waals surface area contributed by atoms with Crippen molar-refractivity contribution < 1.29 is 13.2 Å². The topological polar surface area (TPSA) is 24.9 Å². The van der Waals surface area contributed by atoms with Crippen LogP contribution in [0.3, 0.4) is 0 Å². The molecule has 6 heteroatoms. The second kappa shape index (κ2) is 4.06. The van der Waals surface area contributed by atoms with E-state index in [0.29, 0.717) is 12.2 Å². The van der Waals surface area contributed by atoms with Gasteiger partial charge in [-0.1, -0.05) is 0 Å². The van der Waals surface area contributed by atoms with Crippen LogP contribution in [0.2, 0.25) is 0 Å². The van der Waals surface area contributed by atoms with Crippen molar-refractivity contribution in [3.8, 4) is 0 Å². The molecule has 0 spiro atoms. The van der Waals surface area contributed by atoms with Crippen LogP contribution in [0, 0.1) is 0 Å². The minimum Gasteiger partial charge on any atom is -0.314 e. The Balaban J connectivity index is 2.59. The number of hydrogen-bond donors (Lipinski definition) is 1. The molecule has 0 aromatic carbocycles. The summed E-state index contributed by atoms with van der Waals surface area (Å²) in [4.78, 5) is 3.82. The van der Waals surface area contributed by atoms with E-state index in [4.69, 9.17) is 0 Å². The third kappa shape index (κ3) is 3.73. The lowest BCUT2D eigenvalue weighted by molar-refractivity contribution is -0.127. The summed E-state index contributed by atoms with van der Waals surface area (Å²) >= 11 is 1.05. The van der Waals surface area contributed by atoms with Gasteiger partial charge in [-0.2, -0.15) is 13.2 Å². The molecule has 0 aliphatic heterocycles. The van der Waals surface area contributed by atoms with Gasteiger partial charge in [0.05, 0.1) is 12.1 Å². The van der Waals surface area contributed by atoms with E-state index in [1.165, 1.54) is 0 Å². The van der Waals surface area contributed by atoms with Gasteiger partial charge in [-0.3, -0.25) is 0 Å². The number of nitrogens with zero attached hydrogens (tertiary/aromatic N) is 1. The molecule has 13 heavy (non-hydrogen) atoms. The Morgan fingerprint density at radius 2 is 2.23 bits per heavy atom. The summed E-state index contributed by atoms with van der Waals surface area (Å²) in [6, 6.07) is 0. The molecule has 0 amide bonds. The molecule has 1 N–H and O–H groups in total. The van der Waals surface area contributed by atoms with Crippen LogP contribution in [0.25, 0.3) is 0 Å². The Labute approximate surface area is 77.8 Å². The maximum absolute atomic E-state index is 11.9. The van der Waals surface area contributed by atoms with Gasteiger partial charge >= 0.3 is 6.18 Å². The maximum Gasteiger partial charge on any atom is 0.395 e. The van der Waals surface area contributed by atoms with Gasteiger partial charge in [0.25, 0.3) is 0 Å². The molecule has 0 unspecified atom stereocenters. The van der Waals surface area contributed by atoms with E-state index in [1.54, 1.807) is 12.4 Å². The first-order valence-electron chi connectivity index (χ1n) is 3.66. The molecule has 0 bridgehead atoms. The quantitative estimate of drug-likeness (QED) is 0.825. The summed E-state index contributed by atoms with van der Waals surface area (Å²) < 4.78 is 35.7. The molecule has 1 aromatic rings. The van der Waals surface area contributed by atoms with E-state index in [2.05, 4.69) is 10.3 Å². The summed E-state index contributed by atoms with van der Waals surface area (Å²) in [6.45, 7) is 0.508. The number of rotatable bonds is 3. The van der Waals surface area contributed by atoms with Crippen LogP contribution >= 0.6 is 11.3 Å². The molecule has 74 valence electrons. The molecule has 1 aromatic heterocycles. The van der Waals surface area contributed by atoms with Crippen molar-refractivity contribution in [3.63, 3.8) is 0 Å². The minimum absolute atomic E-state index is 0.123. The van der Waals surface area contributed by atoms with Crippen LogP contribution in [-0.2, 0) is 13.0 Å². The van der Waals surface area contributed by atoms with Crippen LogP contribution in [0.4, 0.5) is 13.2 Å². The highest BCUT2D eigenvalue weighted by atomic mass is 32.1. The first kappa shape index (κ1) is 10.5. The van der Waals surface area contributed by atoms with Crippen molar-refractivity contribution in [2.75, 3.05) is 7.05 Å². The normalized spacial score (nSPS) is 12.0. The van der Waals surface area contributed by atoms with Gasteiger partial charge in [0.15, 0.2) is 0 Å². The Morgan fingerprint density at radius 1 is 1.54 bits per heavy atom. The zero-order valence-corrected chi connectivity index (χ0v) is 7.80. The number of alkyl halides is 3. The predicted octanol–water partition coefficient (Wildman–Crippen LogP) is 1.97. The van der Waals surface area contributed by atoms with Gasteiger partial charge in [0.1, 0.15) is 5.01 Å². The average molecular weight is 210 g/mol. The molecule has 0 radical (unpaired) electrons. The van der Waals surface area contributed by atoms with E-state index in [1.807, 2.05) is 0 Å². The standard InChI is InChI=1S/C7H9F3N2S/c1-11-3-5-4-13-6(12-5)2-7(8,9)10/h4,11H,2-3H2,1H3. The minimum atomic E-state index is -4.16. The second-order valence-corrected chi connectivity index (χ2v) is 3.50. The smallest absolute Gasteiger partial charge is 0.314 e. The molecule has 0 saturated carbocycles. The summed E-state index contributed by atoms with van der Waals surface area (Å²) in [7, 11) is 1.72.